The van der Waals surface area contributed by atoms with Gasteiger partial charge in [0.2, 0.25) is 0 Å². The van der Waals surface area contributed by atoms with Gasteiger partial charge in [-0.25, -0.2) is 13.6 Å². The third-order valence-corrected chi connectivity index (χ3v) is 3.42. The largest absolute Gasteiger partial charge is 0.466 e. The Morgan fingerprint density at radius 2 is 2.00 bits per heavy atom. The minimum absolute atomic E-state index is 0.000905. The molecule has 120 valence electrons. The lowest BCUT2D eigenvalue weighted by Gasteiger charge is -2.37. The number of ketones is 1. The minimum atomic E-state index is -2.78. The molecule has 1 fully saturated rings. The average Bonchev–Trinajstić information content (AvgIpc) is 2.45. The van der Waals surface area contributed by atoms with E-state index in [0.717, 1.165) is 12.0 Å². The average molecular weight is 307 g/mol. The number of nitrogens with zero attached hydrogens (tertiary/aromatic N) is 1. The van der Waals surface area contributed by atoms with E-state index in [1.807, 2.05) is 0 Å². The maximum atomic E-state index is 13.0. The molecule has 1 rings (SSSR count). The van der Waals surface area contributed by atoms with Gasteiger partial charge in [0.05, 0.1) is 19.8 Å². The summed E-state index contributed by atoms with van der Waals surface area (Å²) in [5, 5.41) is 0. The molecule has 1 aliphatic heterocycles. The van der Waals surface area contributed by atoms with Gasteiger partial charge in [0, 0.05) is 12.5 Å². The maximum Gasteiger partial charge on any atom is 0.409 e. The number of carbonyl (C=O) groups excluding carboxylic acids is 3. The fourth-order valence-corrected chi connectivity index (χ4v) is 2.37. The van der Waals surface area contributed by atoms with E-state index in [4.69, 9.17) is 0 Å². The van der Waals surface area contributed by atoms with Crippen molar-refractivity contribution in [3.63, 3.8) is 0 Å². The molecule has 0 aliphatic carbocycles. The highest BCUT2D eigenvalue weighted by atomic mass is 19.3. The first-order valence-electron chi connectivity index (χ1n) is 6.71. The van der Waals surface area contributed by atoms with Crippen LogP contribution >= 0.6 is 0 Å². The van der Waals surface area contributed by atoms with Crippen molar-refractivity contribution in [1.82, 2.24) is 4.90 Å². The highest BCUT2D eigenvalue weighted by molar-refractivity contribution is 5.96. The highest BCUT2D eigenvalue weighted by Crippen LogP contribution is 2.28. The smallest absolute Gasteiger partial charge is 0.409 e. The maximum absolute atomic E-state index is 13.0. The number of amides is 1. The molecule has 0 bridgehead atoms. The molecule has 21 heavy (non-hydrogen) atoms. The van der Waals surface area contributed by atoms with Gasteiger partial charge in [0.15, 0.2) is 0 Å². The molecule has 0 unspecified atom stereocenters. The number of halogens is 2. The second-order valence-corrected chi connectivity index (χ2v) is 4.73. The summed E-state index contributed by atoms with van der Waals surface area (Å²) in [6.07, 6.45) is -3.98. The molecule has 0 aromatic rings. The lowest BCUT2D eigenvalue weighted by Crippen LogP contribution is -2.50. The van der Waals surface area contributed by atoms with Gasteiger partial charge in [0.1, 0.15) is 12.2 Å². The Hall–Kier alpha value is -1.73. The number of likely N-dealkylation sites (tertiary alicyclic amines) is 1. The minimum Gasteiger partial charge on any atom is -0.466 e. The Bertz CT molecular complexity index is 402. The van der Waals surface area contributed by atoms with Crippen LogP contribution in [0.15, 0.2) is 0 Å². The number of methoxy groups -OCH3 is 1. The molecule has 2 atom stereocenters. The number of hydrogen-bond acceptors (Lipinski definition) is 5. The zero-order valence-corrected chi connectivity index (χ0v) is 12.0. The quantitative estimate of drug-likeness (QED) is 0.570. The third kappa shape index (κ3) is 4.64. The molecule has 0 N–H and O–H groups in total. The number of piperidine rings is 1. The van der Waals surface area contributed by atoms with Crippen LogP contribution in [-0.4, -0.2) is 55.5 Å². The number of ether oxygens (including phenoxy) is 2. The monoisotopic (exact) mass is 307 g/mol. The Morgan fingerprint density at radius 1 is 1.33 bits per heavy atom. The molecule has 0 aromatic heterocycles. The first-order valence-corrected chi connectivity index (χ1v) is 6.71. The Kier molecular flexibility index (Phi) is 6.51. The van der Waals surface area contributed by atoms with Crippen molar-refractivity contribution in [2.24, 2.45) is 5.92 Å². The van der Waals surface area contributed by atoms with Crippen molar-refractivity contribution in [3.05, 3.63) is 0 Å². The van der Waals surface area contributed by atoms with E-state index in [1.165, 1.54) is 0 Å². The molecular formula is C13H19F2NO5. The lowest BCUT2D eigenvalue weighted by atomic mass is 9.86. The molecule has 1 saturated heterocycles. The number of Topliss-reactive ketones (excluding diaryl/α,β-unsaturated/α-hetero) is 1. The SMILES string of the molecule is CCOC(=O)CC(=O)[C@H]1CCN(C(=O)OC)[C@@H](C(F)F)C1. The van der Waals surface area contributed by atoms with Crippen molar-refractivity contribution in [2.45, 2.75) is 38.7 Å². The summed E-state index contributed by atoms with van der Waals surface area (Å²) in [6.45, 7) is 1.78. The van der Waals surface area contributed by atoms with Crippen LogP contribution in [0.3, 0.4) is 0 Å². The lowest BCUT2D eigenvalue weighted by molar-refractivity contribution is -0.147. The predicted octanol–water partition coefficient (Wildman–Crippen LogP) is 1.62. The van der Waals surface area contributed by atoms with Gasteiger partial charge in [-0.15, -0.1) is 0 Å². The van der Waals surface area contributed by atoms with Crippen molar-refractivity contribution >= 4 is 17.8 Å². The Balaban J connectivity index is 2.67. The van der Waals surface area contributed by atoms with E-state index in [2.05, 4.69) is 9.47 Å². The van der Waals surface area contributed by atoms with E-state index in [1.54, 1.807) is 6.92 Å². The van der Waals surface area contributed by atoms with Gasteiger partial charge in [-0.3, -0.25) is 14.5 Å². The van der Waals surface area contributed by atoms with E-state index >= 15 is 0 Å². The third-order valence-electron chi connectivity index (χ3n) is 3.42. The van der Waals surface area contributed by atoms with Gasteiger partial charge in [-0.05, 0) is 19.8 Å². The molecule has 0 radical (unpaired) electrons. The first kappa shape index (κ1) is 17.3. The standard InChI is InChI=1S/C13H19F2NO5/c1-3-21-11(18)7-10(17)8-4-5-16(13(19)20-2)9(6-8)12(14)15/h8-9,12H,3-7H2,1-2H3/t8-,9+/m0/s1. The van der Waals surface area contributed by atoms with Gasteiger partial charge in [-0.2, -0.15) is 0 Å². The molecule has 1 aliphatic rings. The summed E-state index contributed by atoms with van der Waals surface area (Å²) in [5.41, 5.74) is 0. The van der Waals surface area contributed by atoms with E-state index < -0.39 is 42.7 Å². The van der Waals surface area contributed by atoms with Gasteiger partial charge in [-0.1, -0.05) is 0 Å². The fraction of sp³-hybridized carbons (Fsp3) is 0.769. The molecule has 0 aromatic carbocycles. The van der Waals surface area contributed by atoms with Crippen LogP contribution in [0, 0.1) is 5.92 Å². The van der Waals surface area contributed by atoms with E-state index in [0.29, 0.717) is 0 Å². The highest BCUT2D eigenvalue weighted by Gasteiger charge is 2.40. The molecule has 1 amide bonds. The zero-order chi connectivity index (χ0) is 16.0. The van der Waals surface area contributed by atoms with E-state index in [-0.39, 0.29) is 26.0 Å². The molecule has 6 nitrogen and oxygen atoms in total. The van der Waals surface area contributed by atoms with Crippen LogP contribution in [0.25, 0.3) is 0 Å². The van der Waals surface area contributed by atoms with Crippen LogP contribution in [0.2, 0.25) is 0 Å². The van der Waals surface area contributed by atoms with Crippen LogP contribution in [0.5, 0.6) is 0 Å². The molecule has 1 heterocycles. The Labute approximate surface area is 121 Å². The number of alkyl halides is 2. The molecule has 8 heteroatoms. The fourth-order valence-electron chi connectivity index (χ4n) is 2.37. The summed E-state index contributed by atoms with van der Waals surface area (Å²) >= 11 is 0. The summed E-state index contributed by atoms with van der Waals surface area (Å²) in [6, 6.07) is -1.37. The van der Waals surface area contributed by atoms with E-state index in [9.17, 15) is 23.2 Å². The Morgan fingerprint density at radius 3 is 2.52 bits per heavy atom. The second-order valence-electron chi connectivity index (χ2n) is 4.73. The van der Waals surface area contributed by atoms with Crippen molar-refractivity contribution < 1.29 is 32.6 Å². The van der Waals surface area contributed by atoms with Gasteiger partial charge < -0.3 is 9.47 Å². The predicted molar refractivity (Wildman–Crippen MR) is 67.9 cm³/mol. The number of hydrogen-bond donors (Lipinski definition) is 0. The first-order chi connectivity index (χ1) is 9.90. The zero-order valence-electron chi connectivity index (χ0n) is 12.0. The summed E-state index contributed by atoms with van der Waals surface area (Å²) in [4.78, 5) is 35.5. The van der Waals surface area contributed by atoms with Crippen LogP contribution in [0.4, 0.5) is 13.6 Å². The van der Waals surface area contributed by atoms with Crippen LogP contribution in [-0.2, 0) is 19.1 Å². The van der Waals surface area contributed by atoms with Crippen LogP contribution < -0.4 is 0 Å². The van der Waals surface area contributed by atoms with Gasteiger partial charge >= 0.3 is 12.1 Å². The van der Waals surface area contributed by atoms with Crippen LogP contribution in [0.1, 0.15) is 26.2 Å². The van der Waals surface area contributed by atoms with Crippen molar-refractivity contribution in [1.29, 1.82) is 0 Å². The number of rotatable bonds is 5. The van der Waals surface area contributed by atoms with Gasteiger partial charge in [0.25, 0.3) is 6.43 Å². The number of carbonyl (C=O) groups is 3. The molecule has 0 saturated carbocycles. The topological polar surface area (TPSA) is 72.9 Å². The summed E-state index contributed by atoms with van der Waals surface area (Å²) in [7, 11) is 1.11. The van der Waals surface area contributed by atoms with Crippen molar-refractivity contribution in [2.75, 3.05) is 20.3 Å². The molecular weight excluding hydrogens is 288 g/mol. The molecule has 0 spiro atoms. The van der Waals surface area contributed by atoms with Crippen molar-refractivity contribution in [3.8, 4) is 0 Å². The summed E-state index contributed by atoms with van der Waals surface area (Å²) < 4.78 is 35.2. The number of esters is 1. The second kappa shape index (κ2) is 7.90. The normalized spacial score (nSPS) is 22.0. The summed E-state index contributed by atoms with van der Waals surface area (Å²) in [5.74, 6) is -1.76.